The second kappa shape index (κ2) is 4.45. The highest BCUT2D eigenvalue weighted by Crippen LogP contribution is 2.25. The van der Waals surface area contributed by atoms with E-state index in [2.05, 4.69) is 5.32 Å². The third-order valence-corrected chi connectivity index (χ3v) is 2.55. The van der Waals surface area contributed by atoms with Crippen LogP contribution in [0, 0.1) is 6.92 Å². The van der Waals surface area contributed by atoms with E-state index in [9.17, 15) is 0 Å². The Morgan fingerprint density at radius 1 is 1.12 bits per heavy atom. The van der Waals surface area contributed by atoms with Crippen molar-refractivity contribution in [1.82, 2.24) is 0 Å². The molecule has 82 valence electrons. The SMILES string of the molecule is Cc1ccc(Nc2cccc(Cl)c2)c(N)c1. The second-order valence-corrected chi connectivity index (χ2v) is 4.16. The van der Waals surface area contributed by atoms with Crippen molar-refractivity contribution in [2.75, 3.05) is 11.1 Å². The smallest absolute Gasteiger partial charge is 0.0618 e. The van der Waals surface area contributed by atoms with Gasteiger partial charge in [0.15, 0.2) is 0 Å². The zero-order valence-electron chi connectivity index (χ0n) is 9.00. The molecule has 0 atom stereocenters. The molecule has 0 unspecified atom stereocenters. The Bertz CT molecular complexity index is 509. The van der Waals surface area contributed by atoms with Crippen LogP contribution >= 0.6 is 11.6 Å². The quantitative estimate of drug-likeness (QED) is 0.769. The molecule has 0 aliphatic rings. The van der Waals surface area contributed by atoms with E-state index in [0.717, 1.165) is 22.6 Å². The van der Waals surface area contributed by atoms with Gasteiger partial charge in [-0.2, -0.15) is 0 Å². The minimum absolute atomic E-state index is 0.704. The van der Waals surface area contributed by atoms with Gasteiger partial charge in [0.25, 0.3) is 0 Å². The highest BCUT2D eigenvalue weighted by Gasteiger charge is 2.00. The largest absolute Gasteiger partial charge is 0.397 e. The van der Waals surface area contributed by atoms with Crippen LogP contribution in [-0.2, 0) is 0 Å². The van der Waals surface area contributed by atoms with E-state index in [1.54, 1.807) is 0 Å². The van der Waals surface area contributed by atoms with Crippen LogP contribution in [0.3, 0.4) is 0 Å². The summed E-state index contributed by atoms with van der Waals surface area (Å²) in [5, 5.41) is 3.94. The van der Waals surface area contributed by atoms with Gasteiger partial charge in [-0.1, -0.05) is 23.7 Å². The molecule has 2 aromatic carbocycles. The molecule has 16 heavy (non-hydrogen) atoms. The van der Waals surface area contributed by atoms with Gasteiger partial charge in [0.1, 0.15) is 0 Å². The number of hydrogen-bond donors (Lipinski definition) is 2. The molecule has 2 nitrogen and oxygen atoms in total. The van der Waals surface area contributed by atoms with Crippen molar-refractivity contribution in [3.63, 3.8) is 0 Å². The fraction of sp³-hybridized carbons (Fsp3) is 0.0769. The first kappa shape index (κ1) is 10.8. The number of hydrogen-bond acceptors (Lipinski definition) is 2. The van der Waals surface area contributed by atoms with E-state index in [1.807, 2.05) is 49.4 Å². The maximum Gasteiger partial charge on any atom is 0.0618 e. The van der Waals surface area contributed by atoms with Gasteiger partial charge in [-0.05, 0) is 42.8 Å². The monoisotopic (exact) mass is 232 g/mol. The highest BCUT2D eigenvalue weighted by molar-refractivity contribution is 6.30. The number of nitrogen functional groups attached to an aromatic ring is 1. The van der Waals surface area contributed by atoms with Crippen LogP contribution in [-0.4, -0.2) is 0 Å². The molecule has 0 amide bonds. The minimum Gasteiger partial charge on any atom is -0.397 e. The number of nitrogens with one attached hydrogen (secondary N) is 1. The molecule has 0 spiro atoms. The van der Waals surface area contributed by atoms with Gasteiger partial charge in [0, 0.05) is 10.7 Å². The Morgan fingerprint density at radius 3 is 2.62 bits per heavy atom. The van der Waals surface area contributed by atoms with E-state index in [0.29, 0.717) is 5.02 Å². The summed E-state index contributed by atoms with van der Waals surface area (Å²) < 4.78 is 0. The Labute approximate surface area is 100 Å². The lowest BCUT2D eigenvalue weighted by Gasteiger charge is -2.10. The average Bonchev–Trinajstić information content (AvgIpc) is 2.22. The Hall–Kier alpha value is -1.67. The Morgan fingerprint density at radius 2 is 1.94 bits per heavy atom. The molecular weight excluding hydrogens is 220 g/mol. The Balaban J connectivity index is 2.27. The first-order chi connectivity index (χ1) is 7.65. The fourth-order valence-electron chi connectivity index (χ4n) is 1.52. The fourth-order valence-corrected chi connectivity index (χ4v) is 1.71. The zero-order chi connectivity index (χ0) is 11.5. The number of aryl methyl sites for hydroxylation is 1. The van der Waals surface area contributed by atoms with E-state index in [1.165, 1.54) is 0 Å². The van der Waals surface area contributed by atoms with Crippen molar-refractivity contribution < 1.29 is 0 Å². The summed E-state index contributed by atoms with van der Waals surface area (Å²) in [6.07, 6.45) is 0. The topological polar surface area (TPSA) is 38.0 Å². The molecule has 3 heteroatoms. The molecule has 0 bridgehead atoms. The average molecular weight is 233 g/mol. The van der Waals surface area contributed by atoms with Gasteiger partial charge in [-0.25, -0.2) is 0 Å². The molecule has 0 saturated carbocycles. The maximum absolute atomic E-state index is 5.91. The first-order valence-corrected chi connectivity index (χ1v) is 5.42. The van der Waals surface area contributed by atoms with Crippen molar-refractivity contribution >= 4 is 28.7 Å². The summed E-state index contributed by atoms with van der Waals surface area (Å²) >= 11 is 5.90. The van der Waals surface area contributed by atoms with Crippen LogP contribution in [0.4, 0.5) is 17.1 Å². The summed E-state index contributed by atoms with van der Waals surface area (Å²) in [6.45, 7) is 2.01. The van der Waals surface area contributed by atoms with Crippen LogP contribution < -0.4 is 11.1 Å². The van der Waals surface area contributed by atoms with Gasteiger partial charge in [-0.15, -0.1) is 0 Å². The maximum atomic E-state index is 5.91. The summed E-state index contributed by atoms with van der Waals surface area (Å²) in [7, 11) is 0. The predicted octanol–water partition coefficient (Wildman–Crippen LogP) is 3.97. The third-order valence-electron chi connectivity index (χ3n) is 2.31. The van der Waals surface area contributed by atoms with Crippen molar-refractivity contribution in [1.29, 1.82) is 0 Å². The Kier molecular flexibility index (Phi) is 3.02. The van der Waals surface area contributed by atoms with E-state index in [4.69, 9.17) is 17.3 Å². The molecule has 0 saturated heterocycles. The zero-order valence-corrected chi connectivity index (χ0v) is 9.75. The number of rotatable bonds is 2. The normalized spacial score (nSPS) is 10.1. The first-order valence-electron chi connectivity index (χ1n) is 5.04. The lowest BCUT2D eigenvalue weighted by molar-refractivity contribution is 1.45. The summed E-state index contributed by atoms with van der Waals surface area (Å²) in [5.74, 6) is 0. The van der Waals surface area contributed by atoms with Crippen molar-refractivity contribution in [3.05, 3.63) is 53.1 Å². The summed E-state index contributed by atoms with van der Waals surface area (Å²) in [5.41, 5.74) is 9.62. The summed E-state index contributed by atoms with van der Waals surface area (Å²) in [4.78, 5) is 0. The van der Waals surface area contributed by atoms with E-state index < -0.39 is 0 Å². The number of nitrogens with two attached hydrogens (primary N) is 1. The van der Waals surface area contributed by atoms with Gasteiger partial charge < -0.3 is 11.1 Å². The van der Waals surface area contributed by atoms with Crippen molar-refractivity contribution in [3.8, 4) is 0 Å². The lowest BCUT2D eigenvalue weighted by Crippen LogP contribution is -1.96. The molecular formula is C13H13ClN2. The number of benzene rings is 2. The van der Waals surface area contributed by atoms with Gasteiger partial charge in [0.2, 0.25) is 0 Å². The van der Waals surface area contributed by atoms with Crippen LogP contribution in [0.1, 0.15) is 5.56 Å². The number of anilines is 3. The van der Waals surface area contributed by atoms with Crippen molar-refractivity contribution in [2.45, 2.75) is 6.92 Å². The molecule has 2 rings (SSSR count). The molecule has 0 aromatic heterocycles. The standard InChI is InChI=1S/C13H13ClN2/c1-9-5-6-13(12(15)7-9)16-11-4-2-3-10(14)8-11/h2-8,16H,15H2,1H3. The minimum atomic E-state index is 0.704. The van der Waals surface area contributed by atoms with E-state index in [-0.39, 0.29) is 0 Å². The molecule has 0 aliphatic heterocycles. The highest BCUT2D eigenvalue weighted by atomic mass is 35.5. The van der Waals surface area contributed by atoms with Crippen LogP contribution in [0.2, 0.25) is 5.02 Å². The molecule has 0 fully saturated rings. The van der Waals surface area contributed by atoms with Crippen LogP contribution in [0.15, 0.2) is 42.5 Å². The molecule has 3 N–H and O–H groups in total. The van der Waals surface area contributed by atoms with Crippen molar-refractivity contribution in [2.24, 2.45) is 0 Å². The van der Waals surface area contributed by atoms with Crippen LogP contribution in [0.5, 0.6) is 0 Å². The second-order valence-electron chi connectivity index (χ2n) is 3.73. The van der Waals surface area contributed by atoms with Gasteiger partial charge in [0.05, 0.1) is 11.4 Å². The molecule has 0 radical (unpaired) electrons. The molecule has 0 aliphatic carbocycles. The molecule has 2 aromatic rings. The third kappa shape index (κ3) is 2.47. The molecule has 0 heterocycles. The number of halogens is 1. The predicted molar refractivity (Wildman–Crippen MR) is 70.3 cm³/mol. The van der Waals surface area contributed by atoms with E-state index >= 15 is 0 Å². The van der Waals surface area contributed by atoms with Gasteiger partial charge >= 0.3 is 0 Å². The van der Waals surface area contributed by atoms with Crippen LogP contribution in [0.25, 0.3) is 0 Å². The lowest BCUT2D eigenvalue weighted by atomic mass is 10.2. The summed E-state index contributed by atoms with van der Waals surface area (Å²) in [6, 6.07) is 13.5. The van der Waals surface area contributed by atoms with Gasteiger partial charge in [-0.3, -0.25) is 0 Å².